The van der Waals surface area contributed by atoms with Crippen molar-refractivity contribution in [3.8, 4) is 0 Å². The average molecular weight is 285 g/mol. The van der Waals surface area contributed by atoms with Crippen LogP contribution in [0.15, 0.2) is 36.7 Å². The maximum Gasteiger partial charge on any atom is 0.262 e. The summed E-state index contributed by atoms with van der Waals surface area (Å²) >= 11 is 1.54. The van der Waals surface area contributed by atoms with Crippen LogP contribution in [0.25, 0.3) is 10.1 Å². The molecule has 0 saturated heterocycles. The molecule has 20 heavy (non-hydrogen) atoms. The van der Waals surface area contributed by atoms with E-state index in [-0.39, 0.29) is 11.9 Å². The van der Waals surface area contributed by atoms with Crippen LogP contribution in [0.4, 0.5) is 0 Å². The summed E-state index contributed by atoms with van der Waals surface area (Å²) in [5, 5.41) is 10.8. The van der Waals surface area contributed by atoms with Crippen molar-refractivity contribution >= 4 is 27.3 Å². The standard InChI is InChI=1S/C15H15N3OS/c1-9-12-5-3-4-6-13(12)20-14(9)15(19)18-10(2)11-7-16-17-8-11/h3-8,10H,1-2H3,(H,16,17)(H,18,19). The highest BCUT2D eigenvalue weighted by atomic mass is 32.1. The fraction of sp³-hybridized carbons (Fsp3) is 0.200. The molecule has 2 heterocycles. The third-order valence-electron chi connectivity index (χ3n) is 3.42. The van der Waals surface area contributed by atoms with Gasteiger partial charge in [-0.3, -0.25) is 9.89 Å². The van der Waals surface area contributed by atoms with E-state index in [0.29, 0.717) is 0 Å². The Morgan fingerprint density at radius 2 is 2.20 bits per heavy atom. The SMILES string of the molecule is Cc1c(C(=O)NC(C)c2cn[nH]c2)sc2ccccc12. The van der Waals surface area contributed by atoms with Gasteiger partial charge in [0.05, 0.1) is 17.1 Å². The maximum absolute atomic E-state index is 12.4. The molecule has 3 rings (SSSR count). The molecule has 0 radical (unpaired) electrons. The van der Waals surface area contributed by atoms with Crippen LogP contribution in [0.3, 0.4) is 0 Å². The second kappa shape index (κ2) is 5.09. The first kappa shape index (κ1) is 12.9. The van der Waals surface area contributed by atoms with Crippen LogP contribution < -0.4 is 5.32 Å². The monoisotopic (exact) mass is 285 g/mol. The zero-order valence-corrected chi connectivity index (χ0v) is 12.1. The number of H-pyrrole nitrogens is 1. The first-order valence-electron chi connectivity index (χ1n) is 6.44. The summed E-state index contributed by atoms with van der Waals surface area (Å²) in [6.07, 6.45) is 3.52. The number of aromatic nitrogens is 2. The third kappa shape index (κ3) is 2.20. The van der Waals surface area contributed by atoms with Crippen LogP contribution in [0.2, 0.25) is 0 Å². The molecule has 2 aromatic heterocycles. The zero-order valence-electron chi connectivity index (χ0n) is 11.3. The van der Waals surface area contributed by atoms with Gasteiger partial charge in [-0.15, -0.1) is 11.3 Å². The summed E-state index contributed by atoms with van der Waals surface area (Å²) in [7, 11) is 0. The molecule has 0 saturated carbocycles. The smallest absolute Gasteiger partial charge is 0.262 e. The number of nitrogens with zero attached hydrogens (tertiary/aromatic N) is 1. The minimum atomic E-state index is -0.0640. The number of hydrogen-bond donors (Lipinski definition) is 2. The molecular formula is C15H15N3OS. The van der Waals surface area contributed by atoms with E-state index in [1.165, 1.54) is 11.3 Å². The molecule has 2 N–H and O–H groups in total. The molecule has 0 aliphatic heterocycles. The molecule has 1 atom stereocenters. The van der Waals surface area contributed by atoms with E-state index < -0.39 is 0 Å². The van der Waals surface area contributed by atoms with E-state index in [2.05, 4.69) is 21.6 Å². The molecule has 102 valence electrons. The Hall–Kier alpha value is -2.14. The largest absolute Gasteiger partial charge is 0.345 e. The van der Waals surface area contributed by atoms with Crippen molar-refractivity contribution in [1.29, 1.82) is 0 Å². The molecule has 0 fully saturated rings. The molecule has 3 aromatic rings. The van der Waals surface area contributed by atoms with Crippen molar-refractivity contribution < 1.29 is 4.79 Å². The number of carbonyl (C=O) groups is 1. The number of nitrogens with one attached hydrogen (secondary N) is 2. The van der Waals surface area contributed by atoms with E-state index in [1.807, 2.05) is 32.0 Å². The fourth-order valence-electron chi connectivity index (χ4n) is 2.23. The lowest BCUT2D eigenvalue weighted by molar-refractivity contribution is 0.0943. The summed E-state index contributed by atoms with van der Waals surface area (Å²) in [6.45, 7) is 3.95. The van der Waals surface area contributed by atoms with Crippen LogP contribution in [0.5, 0.6) is 0 Å². The van der Waals surface area contributed by atoms with Crippen LogP contribution in [-0.4, -0.2) is 16.1 Å². The minimum absolute atomic E-state index is 0.0302. The molecule has 4 nitrogen and oxygen atoms in total. The van der Waals surface area contributed by atoms with Gasteiger partial charge in [-0.25, -0.2) is 0 Å². The van der Waals surface area contributed by atoms with E-state index in [9.17, 15) is 4.79 Å². The third-order valence-corrected chi connectivity index (χ3v) is 4.69. The molecule has 0 bridgehead atoms. The molecule has 0 aliphatic carbocycles. The van der Waals surface area contributed by atoms with Gasteiger partial charge in [0.25, 0.3) is 5.91 Å². The Balaban J connectivity index is 1.87. The predicted molar refractivity (Wildman–Crippen MR) is 81.0 cm³/mol. The van der Waals surface area contributed by atoms with Gasteiger partial charge < -0.3 is 5.32 Å². The topological polar surface area (TPSA) is 57.8 Å². The van der Waals surface area contributed by atoms with Gasteiger partial charge in [0, 0.05) is 16.5 Å². The molecule has 0 aliphatic rings. The number of aromatic amines is 1. The maximum atomic E-state index is 12.4. The highest BCUT2D eigenvalue weighted by molar-refractivity contribution is 7.21. The van der Waals surface area contributed by atoms with Crippen molar-refractivity contribution in [2.24, 2.45) is 0 Å². The van der Waals surface area contributed by atoms with Crippen molar-refractivity contribution in [3.63, 3.8) is 0 Å². The minimum Gasteiger partial charge on any atom is -0.345 e. The Labute approximate surface area is 120 Å². The van der Waals surface area contributed by atoms with Gasteiger partial charge in [-0.05, 0) is 30.9 Å². The van der Waals surface area contributed by atoms with Gasteiger partial charge >= 0.3 is 0 Å². The summed E-state index contributed by atoms with van der Waals surface area (Å²) in [5.74, 6) is -0.0302. The van der Waals surface area contributed by atoms with E-state index in [1.54, 1.807) is 12.4 Å². The first-order chi connectivity index (χ1) is 9.66. The number of hydrogen-bond acceptors (Lipinski definition) is 3. The van der Waals surface area contributed by atoms with Crippen LogP contribution in [0.1, 0.15) is 33.8 Å². The van der Waals surface area contributed by atoms with Crippen molar-refractivity contribution in [2.75, 3.05) is 0 Å². The summed E-state index contributed by atoms with van der Waals surface area (Å²) in [4.78, 5) is 13.2. The summed E-state index contributed by atoms with van der Waals surface area (Å²) in [5.41, 5.74) is 2.01. The predicted octanol–water partition coefficient (Wildman–Crippen LogP) is 3.42. The van der Waals surface area contributed by atoms with Crippen LogP contribution in [-0.2, 0) is 0 Å². The lowest BCUT2D eigenvalue weighted by Gasteiger charge is -2.11. The van der Waals surface area contributed by atoms with Crippen LogP contribution in [0, 0.1) is 6.92 Å². The van der Waals surface area contributed by atoms with Gasteiger partial charge in [-0.1, -0.05) is 18.2 Å². The Morgan fingerprint density at radius 1 is 1.40 bits per heavy atom. The molecule has 0 spiro atoms. The number of thiophene rings is 1. The Morgan fingerprint density at radius 3 is 2.90 bits per heavy atom. The summed E-state index contributed by atoms with van der Waals surface area (Å²) < 4.78 is 1.14. The second-order valence-corrected chi connectivity index (χ2v) is 5.83. The number of aryl methyl sites for hydroxylation is 1. The molecule has 1 amide bonds. The molecule has 5 heteroatoms. The molecule has 1 unspecified atom stereocenters. The van der Waals surface area contributed by atoms with E-state index in [4.69, 9.17) is 0 Å². The molecule has 1 aromatic carbocycles. The van der Waals surface area contributed by atoms with Gasteiger partial charge in [-0.2, -0.15) is 5.10 Å². The molecular weight excluding hydrogens is 270 g/mol. The normalized spacial score (nSPS) is 12.5. The van der Waals surface area contributed by atoms with Gasteiger partial charge in [0.1, 0.15) is 0 Å². The van der Waals surface area contributed by atoms with Gasteiger partial charge in [0.2, 0.25) is 0 Å². The second-order valence-electron chi connectivity index (χ2n) is 4.78. The Kier molecular flexibility index (Phi) is 3.28. The van der Waals surface area contributed by atoms with E-state index >= 15 is 0 Å². The van der Waals surface area contributed by atoms with E-state index in [0.717, 1.165) is 26.1 Å². The average Bonchev–Trinajstić information content (AvgIpc) is 3.07. The van der Waals surface area contributed by atoms with Gasteiger partial charge in [0.15, 0.2) is 0 Å². The quantitative estimate of drug-likeness (QED) is 0.774. The number of fused-ring (bicyclic) bond motifs is 1. The van der Waals surface area contributed by atoms with Crippen molar-refractivity contribution in [3.05, 3.63) is 52.7 Å². The van der Waals surface area contributed by atoms with Crippen molar-refractivity contribution in [1.82, 2.24) is 15.5 Å². The lowest BCUT2D eigenvalue weighted by atomic mass is 10.1. The fourth-order valence-corrected chi connectivity index (χ4v) is 3.35. The zero-order chi connectivity index (χ0) is 14.1. The number of rotatable bonds is 3. The first-order valence-corrected chi connectivity index (χ1v) is 7.26. The van der Waals surface area contributed by atoms with Crippen LogP contribution >= 0.6 is 11.3 Å². The Bertz CT molecular complexity index is 746. The summed E-state index contributed by atoms with van der Waals surface area (Å²) in [6, 6.07) is 8.03. The van der Waals surface area contributed by atoms with Crippen molar-refractivity contribution in [2.45, 2.75) is 19.9 Å². The number of carbonyl (C=O) groups excluding carboxylic acids is 1. The highest BCUT2D eigenvalue weighted by Crippen LogP contribution is 2.30. The number of amides is 1. The lowest BCUT2D eigenvalue weighted by Crippen LogP contribution is -2.26. The number of benzene rings is 1. The highest BCUT2D eigenvalue weighted by Gasteiger charge is 2.17.